The number of aryl methyl sites for hydroxylation is 2. The maximum atomic E-state index is 12.3. The number of aromatic amines is 1. The molecule has 0 radical (unpaired) electrons. The van der Waals surface area contributed by atoms with Crippen molar-refractivity contribution in [3.8, 4) is 0 Å². The molecular formula is C12H16BrN5O. The van der Waals surface area contributed by atoms with Gasteiger partial charge >= 0.3 is 0 Å². The van der Waals surface area contributed by atoms with Crippen molar-refractivity contribution < 1.29 is 4.79 Å². The van der Waals surface area contributed by atoms with Gasteiger partial charge < -0.3 is 4.90 Å². The van der Waals surface area contributed by atoms with Crippen LogP contribution in [0.3, 0.4) is 0 Å². The Labute approximate surface area is 119 Å². The van der Waals surface area contributed by atoms with Crippen LogP contribution in [0.25, 0.3) is 0 Å². The van der Waals surface area contributed by atoms with Crippen molar-refractivity contribution in [2.24, 2.45) is 7.05 Å². The molecule has 0 aliphatic rings. The molecule has 2 rings (SSSR count). The number of nitrogens with zero attached hydrogens (tertiary/aromatic N) is 4. The van der Waals surface area contributed by atoms with Gasteiger partial charge in [0.15, 0.2) is 0 Å². The Morgan fingerprint density at radius 3 is 2.68 bits per heavy atom. The van der Waals surface area contributed by atoms with Crippen molar-refractivity contribution in [1.82, 2.24) is 24.9 Å². The summed E-state index contributed by atoms with van der Waals surface area (Å²) in [5.74, 6) is -0.105. The predicted octanol–water partition coefficient (Wildman–Crippen LogP) is 1.79. The summed E-state index contributed by atoms with van der Waals surface area (Å²) in [6, 6.07) is 0. The Morgan fingerprint density at radius 1 is 1.53 bits per heavy atom. The normalized spacial score (nSPS) is 10.8. The molecule has 19 heavy (non-hydrogen) atoms. The van der Waals surface area contributed by atoms with Crippen molar-refractivity contribution in [3.05, 3.63) is 33.3 Å². The topological polar surface area (TPSA) is 66.8 Å². The van der Waals surface area contributed by atoms with E-state index in [1.165, 1.54) is 0 Å². The first-order valence-electron chi connectivity index (χ1n) is 5.85. The van der Waals surface area contributed by atoms with E-state index in [1.807, 2.05) is 25.6 Å². The molecular weight excluding hydrogens is 310 g/mol. The van der Waals surface area contributed by atoms with Gasteiger partial charge in [-0.05, 0) is 29.8 Å². The standard InChI is InChI=1S/C12H16BrN5O/c1-7-9(8(2)18(4)16-7)6-17(3)12(19)11-10(13)5-14-15-11/h5H,6H2,1-4H3,(H,14,15). The number of aromatic nitrogens is 4. The first-order valence-corrected chi connectivity index (χ1v) is 6.64. The van der Waals surface area contributed by atoms with Crippen LogP contribution in [-0.2, 0) is 13.6 Å². The smallest absolute Gasteiger partial charge is 0.273 e. The average Bonchev–Trinajstić information content (AvgIpc) is 2.88. The number of H-pyrrole nitrogens is 1. The number of carbonyl (C=O) groups is 1. The summed E-state index contributed by atoms with van der Waals surface area (Å²) in [5, 5.41) is 10.9. The fourth-order valence-electron chi connectivity index (χ4n) is 1.97. The summed E-state index contributed by atoms with van der Waals surface area (Å²) >= 11 is 3.30. The van der Waals surface area contributed by atoms with Gasteiger partial charge in [-0.1, -0.05) is 0 Å². The lowest BCUT2D eigenvalue weighted by Gasteiger charge is -2.16. The SMILES string of the molecule is Cc1nn(C)c(C)c1CN(C)C(=O)c1[nH]ncc1Br. The molecule has 6 nitrogen and oxygen atoms in total. The second kappa shape index (κ2) is 5.16. The summed E-state index contributed by atoms with van der Waals surface area (Å²) in [6.07, 6.45) is 1.57. The lowest BCUT2D eigenvalue weighted by molar-refractivity contribution is 0.0778. The molecule has 2 heterocycles. The van der Waals surface area contributed by atoms with E-state index in [1.54, 1.807) is 18.1 Å². The van der Waals surface area contributed by atoms with Crippen LogP contribution in [0, 0.1) is 13.8 Å². The second-order valence-electron chi connectivity index (χ2n) is 4.53. The van der Waals surface area contributed by atoms with Gasteiger partial charge in [-0.25, -0.2) is 0 Å². The highest BCUT2D eigenvalue weighted by atomic mass is 79.9. The molecule has 7 heteroatoms. The third-order valence-corrected chi connectivity index (χ3v) is 3.81. The van der Waals surface area contributed by atoms with Gasteiger partial charge in [-0.2, -0.15) is 10.2 Å². The monoisotopic (exact) mass is 325 g/mol. The number of hydrogen-bond donors (Lipinski definition) is 1. The van der Waals surface area contributed by atoms with E-state index in [4.69, 9.17) is 0 Å². The lowest BCUT2D eigenvalue weighted by Crippen LogP contribution is -2.27. The molecule has 0 bridgehead atoms. The highest BCUT2D eigenvalue weighted by Gasteiger charge is 2.19. The van der Waals surface area contributed by atoms with E-state index < -0.39 is 0 Å². The molecule has 0 saturated heterocycles. The number of halogens is 1. The molecule has 0 aliphatic heterocycles. The molecule has 1 amide bonds. The number of carbonyl (C=O) groups excluding carboxylic acids is 1. The summed E-state index contributed by atoms with van der Waals surface area (Å²) in [5.41, 5.74) is 3.56. The zero-order valence-electron chi connectivity index (χ0n) is 11.4. The summed E-state index contributed by atoms with van der Waals surface area (Å²) in [7, 11) is 3.67. The van der Waals surface area contributed by atoms with Crippen molar-refractivity contribution in [3.63, 3.8) is 0 Å². The minimum Gasteiger partial charge on any atom is -0.336 e. The highest BCUT2D eigenvalue weighted by Crippen LogP contribution is 2.18. The van der Waals surface area contributed by atoms with E-state index in [0.717, 1.165) is 17.0 Å². The van der Waals surface area contributed by atoms with Crippen LogP contribution in [0.5, 0.6) is 0 Å². The van der Waals surface area contributed by atoms with Gasteiger partial charge in [-0.15, -0.1) is 0 Å². The zero-order chi connectivity index (χ0) is 14.2. The Morgan fingerprint density at radius 2 is 2.21 bits per heavy atom. The van der Waals surface area contributed by atoms with Crippen LogP contribution in [0.2, 0.25) is 0 Å². The zero-order valence-corrected chi connectivity index (χ0v) is 12.9. The van der Waals surface area contributed by atoms with Gasteiger partial charge in [-0.3, -0.25) is 14.6 Å². The first kappa shape index (κ1) is 13.8. The molecule has 0 aromatic carbocycles. The predicted molar refractivity (Wildman–Crippen MR) is 74.8 cm³/mol. The molecule has 0 spiro atoms. The average molecular weight is 326 g/mol. The van der Waals surface area contributed by atoms with Crippen LogP contribution in [0.15, 0.2) is 10.7 Å². The molecule has 1 N–H and O–H groups in total. The maximum absolute atomic E-state index is 12.3. The number of hydrogen-bond acceptors (Lipinski definition) is 3. The van der Waals surface area contributed by atoms with Crippen molar-refractivity contribution in [2.75, 3.05) is 7.05 Å². The van der Waals surface area contributed by atoms with Crippen LogP contribution in [-0.4, -0.2) is 37.8 Å². The van der Waals surface area contributed by atoms with Gasteiger partial charge in [0.05, 0.1) is 16.4 Å². The first-order chi connectivity index (χ1) is 8.91. The van der Waals surface area contributed by atoms with Crippen LogP contribution < -0.4 is 0 Å². The Bertz CT molecular complexity index is 616. The van der Waals surface area contributed by atoms with E-state index >= 15 is 0 Å². The van der Waals surface area contributed by atoms with E-state index in [9.17, 15) is 4.79 Å². The maximum Gasteiger partial charge on any atom is 0.273 e. The third kappa shape index (κ3) is 2.56. The van der Waals surface area contributed by atoms with Gasteiger partial charge in [0.2, 0.25) is 0 Å². The molecule has 0 aliphatic carbocycles. The van der Waals surface area contributed by atoms with Crippen molar-refractivity contribution >= 4 is 21.8 Å². The number of rotatable bonds is 3. The minimum atomic E-state index is -0.105. The van der Waals surface area contributed by atoms with E-state index in [-0.39, 0.29) is 5.91 Å². The Balaban J connectivity index is 2.20. The molecule has 0 unspecified atom stereocenters. The largest absolute Gasteiger partial charge is 0.336 e. The van der Waals surface area contributed by atoms with Gasteiger partial charge in [0.1, 0.15) is 5.69 Å². The van der Waals surface area contributed by atoms with Gasteiger partial charge in [0, 0.05) is 31.9 Å². The molecule has 102 valence electrons. The number of nitrogens with one attached hydrogen (secondary N) is 1. The molecule has 2 aromatic rings. The fraction of sp³-hybridized carbons (Fsp3) is 0.417. The van der Waals surface area contributed by atoms with Crippen LogP contribution >= 0.6 is 15.9 Å². The summed E-state index contributed by atoms with van der Waals surface area (Å²) < 4.78 is 2.50. The second-order valence-corrected chi connectivity index (χ2v) is 5.38. The molecule has 2 aromatic heterocycles. The Kier molecular flexibility index (Phi) is 3.75. The van der Waals surface area contributed by atoms with E-state index in [2.05, 4.69) is 31.2 Å². The van der Waals surface area contributed by atoms with Gasteiger partial charge in [0.25, 0.3) is 5.91 Å². The number of amides is 1. The lowest BCUT2D eigenvalue weighted by atomic mass is 10.2. The quantitative estimate of drug-likeness (QED) is 0.935. The fourth-order valence-corrected chi connectivity index (χ4v) is 2.33. The summed E-state index contributed by atoms with van der Waals surface area (Å²) in [6.45, 7) is 4.47. The molecule has 0 atom stereocenters. The van der Waals surface area contributed by atoms with Crippen LogP contribution in [0.4, 0.5) is 0 Å². The van der Waals surface area contributed by atoms with Crippen molar-refractivity contribution in [1.29, 1.82) is 0 Å². The third-order valence-electron chi connectivity index (χ3n) is 3.21. The minimum absolute atomic E-state index is 0.105. The summed E-state index contributed by atoms with van der Waals surface area (Å²) in [4.78, 5) is 13.9. The Hall–Kier alpha value is -1.63. The molecule has 0 fully saturated rings. The highest BCUT2D eigenvalue weighted by molar-refractivity contribution is 9.10. The van der Waals surface area contributed by atoms with Crippen molar-refractivity contribution in [2.45, 2.75) is 20.4 Å². The van der Waals surface area contributed by atoms with E-state index in [0.29, 0.717) is 16.7 Å². The molecule has 0 saturated carbocycles. The van der Waals surface area contributed by atoms with Crippen LogP contribution in [0.1, 0.15) is 27.4 Å².